The summed E-state index contributed by atoms with van der Waals surface area (Å²) in [6.45, 7) is 6.65. The topological polar surface area (TPSA) is 33.3 Å². The van der Waals surface area contributed by atoms with Crippen molar-refractivity contribution in [2.45, 2.75) is 26.8 Å². The third-order valence-electron chi connectivity index (χ3n) is 3.35. The van der Waals surface area contributed by atoms with E-state index < -0.39 is 0 Å². The third-order valence-corrected chi connectivity index (χ3v) is 3.80. The molecule has 0 saturated carbocycles. The average molecular weight is 349 g/mol. The van der Waals surface area contributed by atoms with Crippen molar-refractivity contribution in [3.8, 4) is 5.75 Å². The number of hydrogen-bond acceptors (Lipinski definition) is 2. The van der Waals surface area contributed by atoms with Gasteiger partial charge < -0.3 is 15.4 Å². The Morgan fingerprint density at radius 3 is 2.48 bits per heavy atom. The standard InChI is InChI=1S/C18H21ClN2OS/c1-12-6-4-7-13(2)17(12)22-11-14(3)20-18(23)21-16-9-5-8-15(19)10-16/h4-10,14H,11H2,1-3H3,(H2,20,21,23). The molecule has 0 aliphatic heterocycles. The van der Waals surface area contributed by atoms with Crippen molar-refractivity contribution in [1.82, 2.24) is 5.32 Å². The van der Waals surface area contributed by atoms with Crippen LogP contribution in [0, 0.1) is 13.8 Å². The predicted octanol–water partition coefficient (Wildman–Crippen LogP) is 4.71. The maximum Gasteiger partial charge on any atom is 0.171 e. The van der Waals surface area contributed by atoms with Gasteiger partial charge in [0.2, 0.25) is 0 Å². The molecule has 0 heterocycles. The van der Waals surface area contributed by atoms with Crippen molar-refractivity contribution >= 4 is 34.6 Å². The van der Waals surface area contributed by atoms with Gasteiger partial charge in [-0.15, -0.1) is 0 Å². The molecule has 2 N–H and O–H groups in total. The lowest BCUT2D eigenvalue weighted by molar-refractivity contribution is 0.283. The highest BCUT2D eigenvalue weighted by atomic mass is 35.5. The van der Waals surface area contributed by atoms with Crippen LogP contribution >= 0.6 is 23.8 Å². The Labute approximate surface area is 148 Å². The van der Waals surface area contributed by atoms with Gasteiger partial charge in [0.1, 0.15) is 12.4 Å². The van der Waals surface area contributed by atoms with E-state index in [9.17, 15) is 0 Å². The van der Waals surface area contributed by atoms with Crippen molar-refractivity contribution < 1.29 is 4.74 Å². The number of para-hydroxylation sites is 1. The summed E-state index contributed by atoms with van der Waals surface area (Å²) >= 11 is 11.3. The minimum atomic E-state index is 0.0770. The molecule has 2 aromatic carbocycles. The fourth-order valence-corrected chi connectivity index (χ4v) is 2.74. The van der Waals surface area contributed by atoms with E-state index in [1.165, 1.54) is 0 Å². The van der Waals surface area contributed by atoms with Crippen LogP contribution in [-0.2, 0) is 0 Å². The van der Waals surface area contributed by atoms with Gasteiger partial charge in [-0.05, 0) is 62.3 Å². The average Bonchev–Trinajstić information content (AvgIpc) is 2.46. The molecule has 122 valence electrons. The normalized spacial score (nSPS) is 11.7. The van der Waals surface area contributed by atoms with Crippen LogP contribution in [-0.4, -0.2) is 17.8 Å². The molecule has 0 saturated heterocycles. The highest BCUT2D eigenvalue weighted by Crippen LogP contribution is 2.22. The molecule has 3 nitrogen and oxygen atoms in total. The Morgan fingerprint density at radius 1 is 1.17 bits per heavy atom. The Bertz CT molecular complexity index is 670. The number of nitrogens with one attached hydrogen (secondary N) is 2. The van der Waals surface area contributed by atoms with E-state index in [0.29, 0.717) is 16.7 Å². The van der Waals surface area contributed by atoms with Crippen LogP contribution in [0.25, 0.3) is 0 Å². The van der Waals surface area contributed by atoms with E-state index in [1.54, 1.807) is 0 Å². The lowest BCUT2D eigenvalue weighted by atomic mass is 10.1. The van der Waals surface area contributed by atoms with Crippen molar-refractivity contribution in [1.29, 1.82) is 0 Å². The van der Waals surface area contributed by atoms with Gasteiger partial charge in [-0.2, -0.15) is 0 Å². The monoisotopic (exact) mass is 348 g/mol. The molecule has 0 radical (unpaired) electrons. The van der Waals surface area contributed by atoms with Crippen LogP contribution in [0.3, 0.4) is 0 Å². The first-order valence-electron chi connectivity index (χ1n) is 7.48. The summed E-state index contributed by atoms with van der Waals surface area (Å²) in [5.74, 6) is 0.940. The number of rotatable bonds is 5. The van der Waals surface area contributed by atoms with Gasteiger partial charge in [-0.25, -0.2) is 0 Å². The van der Waals surface area contributed by atoms with Crippen molar-refractivity contribution in [3.63, 3.8) is 0 Å². The Hall–Kier alpha value is -1.78. The van der Waals surface area contributed by atoms with Gasteiger partial charge in [-0.1, -0.05) is 35.9 Å². The third kappa shape index (κ3) is 5.41. The molecule has 0 spiro atoms. The molecule has 0 aliphatic rings. The van der Waals surface area contributed by atoms with E-state index >= 15 is 0 Å². The minimum absolute atomic E-state index is 0.0770. The maximum atomic E-state index is 5.96. The summed E-state index contributed by atoms with van der Waals surface area (Å²) in [4.78, 5) is 0. The Morgan fingerprint density at radius 2 is 1.83 bits per heavy atom. The van der Waals surface area contributed by atoms with Gasteiger partial charge in [0.25, 0.3) is 0 Å². The molecule has 2 aromatic rings. The second kappa shape index (κ2) is 8.18. The zero-order valence-electron chi connectivity index (χ0n) is 13.5. The number of anilines is 1. The molecular weight excluding hydrogens is 328 g/mol. The Kier molecular flexibility index (Phi) is 6.25. The second-order valence-corrected chi connectivity index (χ2v) is 6.39. The second-order valence-electron chi connectivity index (χ2n) is 5.54. The van der Waals surface area contributed by atoms with Crippen LogP contribution in [0.5, 0.6) is 5.75 Å². The van der Waals surface area contributed by atoms with Crippen molar-refractivity contribution in [3.05, 3.63) is 58.6 Å². The number of halogens is 1. The summed E-state index contributed by atoms with van der Waals surface area (Å²) in [7, 11) is 0. The van der Waals surface area contributed by atoms with Crippen molar-refractivity contribution in [2.24, 2.45) is 0 Å². The fourth-order valence-electron chi connectivity index (χ4n) is 2.23. The predicted molar refractivity (Wildman–Crippen MR) is 102 cm³/mol. The summed E-state index contributed by atoms with van der Waals surface area (Å²) in [5, 5.41) is 7.54. The van der Waals surface area contributed by atoms with Gasteiger partial charge in [0, 0.05) is 10.7 Å². The molecular formula is C18H21ClN2OS. The molecule has 0 amide bonds. The summed E-state index contributed by atoms with van der Waals surface area (Å²) in [6, 6.07) is 13.6. The first kappa shape index (κ1) is 17.6. The molecule has 0 bridgehead atoms. The summed E-state index contributed by atoms with van der Waals surface area (Å²) in [6.07, 6.45) is 0. The fraction of sp³-hybridized carbons (Fsp3) is 0.278. The van der Waals surface area contributed by atoms with Gasteiger partial charge >= 0.3 is 0 Å². The number of thiocarbonyl (C=S) groups is 1. The van der Waals surface area contributed by atoms with E-state index in [2.05, 4.69) is 10.6 Å². The zero-order valence-corrected chi connectivity index (χ0v) is 15.1. The van der Waals surface area contributed by atoms with E-state index in [0.717, 1.165) is 22.6 Å². The van der Waals surface area contributed by atoms with Gasteiger partial charge in [0.05, 0.1) is 6.04 Å². The first-order valence-corrected chi connectivity index (χ1v) is 8.26. The quantitative estimate of drug-likeness (QED) is 0.766. The van der Waals surface area contributed by atoms with E-state index in [1.807, 2.05) is 63.2 Å². The smallest absolute Gasteiger partial charge is 0.171 e. The molecule has 1 unspecified atom stereocenters. The molecule has 23 heavy (non-hydrogen) atoms. The first-order chi connectivity index (χ1) is 11.0. The van der Waals surface area contributed by atoms with Crippen LogP contribution in [0.1, 0.15) is 18.1 Å². The van der Waals surface area contributed by atoms with Crippen LogP contribution < -0.4 is 15.4 Å². The highest BCUT2D eigenvalue weighted by molar-refractivity contribution is 7.80. The molecule has 2 rings (SSSR count). The zero-order chi connectivity index (χ0) is 16.8. The number of ether oxygens (including phenoxy) is 1. The van der Waals surface area contributed by atoms with Gasteiger partial charge in [-0.3, -0.25) is 0 Å². The SMILES string of the molecule is Cc1cccc(C)c1OCC(C)NC(=S)Nc1cccc(Cl)c1. The summed E-state index contributed by atoms with van der Waals surface area (Å²) in [5.41, 5.74) is 3.13. The number of benzene rings is 2. The van der Waals surface area contributed by atoms with Crippen LogP contribution in [0.4, 0.5) is 5.69 Å². The largest absolute Gasteiger partial charge is 0.491 e. The van der Waals surface area contributed by atoms with Crippen molar-refractivity contribution in [2.75, 3.05) is 11.9 Å². The molecule has 0 aromatic heterocycles. The molecule has 1 atom stereocenters. The molecule has 0 fully saturated rings. The lowest BCUT2D eigenvalue weighted by Crippen LogP contribution is -2.39. The molecule has 0 aliphatic carbocycles. The number of aryl methyl sites for hydroxylation is 2. The van der Waals surface area contributed by atoms with E-state index in [4.69, 9.17) is 28.6 Å². The minimum Gasteiger partial charge on any atom is -0.491 e. The summed E-state index contributed by atoms with van der Waals surface area (Å²) < 4.78 is 5.93. The highest BCUT2D eigenvalue weighted by Gasteiger charge is 2.08. The molecule has 5 heteroatoms. The van der Waals surface area contributed by atoms with E-state index in [-0.39, 0.29) is 6.04 Å². The maximum absolute atomic E-state index is 5.96. The van der Waals surface area contributed by atoms with Crippen LogP contribution in [0.15, 0.2) is 42.5 Å². The Balaban J connectivity index is 1.84. The number of hydrogen-bond donors (Lipinski definition) is 2. The van der Waals surface area contributed by atoms with Crippen LogP contribution in [0.2, 0.25) is 5.02 Å². The van der Waals surface area contributed by atoms with Gasteiger partial charge in [0.15, 0.2) is 5.11 Å². The lowest BCUT2D eigenvalue weighted by Gasteiger charge is -2.19.